The van der Waals surface area contributed by atoms with E-state index in [9.17, 15) is 4.79 Å². The van der Waals surface area contributed by atoms with Gasteiger partial charge >= 0.3 is 0 Å². The van der Waals surface area contributed by atoms with Gasteiger partial charge in [0.15, 0.2) is 11.0 Å². The van der Waals surface area contributed by atoms with Gasteiger partial charge in [0.05, 0.1) is 12.9 Å². The van der Waals surface area contributed by atoms with Crippen molar-refractivity contribution < 1.29 is 9.53 Å². The van der Waals surface area contributed by atoms with Gasteiger partial charge in [-0.3, -0.25) is 9.36 Å². The third-order valence-electron chi connectivity index (χ3n) is 5.24. The van der Waals surface area contributed by atoms with Crippen LogP contribution >= 0.6 is 11.8 Å². The molecule has 2 aromatic carbocycles. The van der Waals surface area contributed by atoms with Crippen LogP contribution in [0.1, 0.15) is 37.4 Å². The fraction of sp³-hybridized carbons (Fsp3) is 0.348. The Labute approximate surface area is 181 Å². The van der Waals surface area contributed by atoms with Gasteiger partial charge < -0.3 is 10.1 Å². The highest BCUT2D eigenvalue weighted by Crippen LogP contribution is 2.29. The van der Waals surface area contributed by atoms with Crippen molar-refractivity contribution >= 4 is 23.4 Å². The predicted octanol–water partition coefficient (Wildman–Crippen LogP) is 4.75. The van der Waals surface area contributed by atoms with Crippen molar-refractivity contribution in [2.75, 3.05) is 18.2 Å². The maximum atomic E-state index is 12.5. The molecule has 156 valence electrons. The number of rotatable bonds is 7. The molecule has 0 fully saturated rings. The van der Waals surface area contributed by atoms with Gasteiger partial charge in [-0.25, -0.2) is 0 Å². The molecule has 30 heavy (non-hydrogen) atoms. The van der Waals surface area contributed by atoms with E-state index in [4.69, 9.17) is 4.74 Å². The van der Waals surface area contributed by atoms with Gasteiger partial charge in [-0.05, 0) is 80.6 Å². The molecule has 0 saturated heterocycles. The number of hydrogen-bond acceptors (Lipinski definition) is 5. The van der Waals surface area contributed by atoms with E-state index in [0.717, 1.165) is 40.8 Å². The molecule has 6 nitrogen and oxygen atoms in total. The van der Waals surface area contributed by atoms with Crippen LogP contribution in [0.4, 0.5) is 5.69 Å². The van der Waals surface area contributed by atoms with Gasteiger partial charge in [-0.1, -0.05) is 17.8 Å². The van der Waals surface area contributed by atoms with E-state index < -0.39 is 0 Å². The number of hydrogen-bond donors (Lipinski definition) is 1. The summed E-state index contributed by atoms with van der Waals surface area (Å²) in [7, 11) is 1.65. The van der Waals surface area contributed by atoms with Crippen molar-refractivity contribution in [3.8, 4) is 17.1 Å². The lowest BCUT2D eigenvalue weighted by Crippen LogP contribution is -2.15. The van der Waals surface area contributed by atoms with Gasteiger partial charge in [0.1, 0.15) is 5.75 Å². The summed E-state index contributed by atoms with van der Waals surface area (Å²) in [6.07, 6.45) is 3.43. The third-order valence-corrected chi connectivity index (χ3v) is 6.19. The number of nitrogens with one attached hydrogen (secondary N) is 1. The summed E-state index contributed by atoms with van der Waals surface area (Å²) < 4.78 is 7.30. The number of carbonyl (C=O) groups is 1. The number of aromatic nitrogens is 3. The highest BCUT2D eigenvalue weighted by molar-refractivity contribution is 7.99. The maximum Gasteiger partial charge on any atom is 0.234 e. The molecule has 1 N–H and O–H groups in total. The molecular weight excluding hydrogens is 396 g/mol. The molecule has 0 aliphatic heterocycles. The molecule has 0 atom stereocenters. The molecule has 0 unspecified atom stereocenters. The van der Waals surface area contributed by atoms with Crippen molar-refractivity contribution in [1.82, 2.24) is 14.8 Å². The van der Waals surface area contributed by atoms with Crippen LogP contribution in [0.3, 0.4) is 0 Å². The minimum atomic E-state index is -0.0396. The number of aryl methyl sites for hydroxylation is 2. The monoisotopic (exact) mass is 422 g/mol. The first kappa shape index (κ1) is 20.5. The number of thioether (sulfide) groups is 1. The highest BCUT2D eigenvalue weighted by Gasteiger charge is 2.18. The second-order valence-corrected chi connectivity index (χ2v) is 8.61. The largest absolute Gasteiger partial charge is 0.497 e. The van der Waals surface area contributed by atoms with Crippen LogP contribution < -0.4 is 10.1 Å². The summed E-state index contributed by atoms with van der Waals surface area (Å²) in [6.45, 7) is 4.18. The number of nitrogens with zero attached hydrogens (tertiary/aromatic N) is 3. The first-order chi connectivity index (χ1) is 14.5. The lowest BCUT2D eigenvalue weighted by molar-refractivity contribution is -0.113. The molecule has 0 bridgehead atoms. The van der Waals surface area contributed by atoms with E-state index in [1.54, 1.807) is 7.11 Å². The Hall–Kier alpha value is -2.80. The molecular formula is C23H26N4O2S. The van der Waals surface area contributed by atoms with Crippen LogP contribution in [0.15, 0.2) is 47.6 Å². The zero-order valence-corrected chi connectivity index (χ0v) is 18.3. The van der Waals surface area contributed by atoms with Crippen LogP contribution in [0, 0.1) is 0 Å². The minimum Gasteiger partial charge on any atom is -0.497 e. The summed E-state index contributed by atoms with van der Waals surface area (Å²) in [6, 6.07) is 14.1. The van der Waals surface area contributed by atoms with Crippen LogP contribution in [0.2, 0.25) is 0 Å². The summed E-state index contributed by atoms with van der Waals surface area (Å²) in [4.78, 5) is 12.5. The van der Waals surface area contributed by atoms with Crippen molar-refractivity contribution in [1.29, 1.82) is 0 Å². The first-order valence-corrected chi connectivity index (χ1v) is 11.2. The van der Waals surface area contributed by atoms with E-state index in [2.05, 4.69) is 46.1 Å². The van der Waals surface area contributed by atoms with Crippen molar-refractivity contribution in [3.63, 3.8) is 0 Å². The Bertz CT molecular complexity index is 1040. The lowest BCUT2D eigenvalue weighted by atomic mass is 10.1. The van der Waals surface area contributed by atoms with Crippen molar-refractivity contribution in [2.45, 2.75) is 44.3 Å². The number of ether oxygens (including phenoxy) is 1. The Morgan fingerprint density at radius 3 is 2.63 bits per heavy atom. The summed E-state index contributed by atoms with van der Waals surface area (Å²) >= 11 is 1.40. The summed E-state index contributed by atoms with van der Waals surface area (Å²) in [5.74, 6) is 1.83. The number of fused-ring (bicyclic) bond motifs is 1. The molecule has 1 aliphatic rings. The van der Waals surface area contributed by atoms with E-state index in [-0.39, 0.29) is 17.7 Å². The molecule has 0 saturated carbocycles. The van der Waals surface area contributed by atoms with Crippen LogP contribution in [-0.4, -0.2) is 33.5 Å². The molecule has 4 rings (SSSR count). The standard InChI is InChI=1S/C23H26N4O2S/c1-15(2)27-22(17-8-11-20(29-3)12-9-17)25-26-23(27)30-14-21(28)24-19-10-7-16-5-4-6-18(16)13-19/h7-13,15H,4-6,14H2,1-3H3,(H,24,28). The van der Waals surface area contributed by atoms with E-state index in [1.807, 2.05) is 30.3 Å². The maximum absolute atomic E-state index is 12.5. The van der Waals surface area contributed by atoms with Gasteiger partial charge in [0, 0.05) is 17.3 Å². The Morgan fingerprint density at radius 1 is 1.13 bits per heavy atom. The second-order valence-electron chi connectivity index (χ2n) is 7.67. The molecule has 1 amide bonds. The van der Waals surface area contributed by atoms with Gasteiger partial charge in [-0.15, -0.1) is 10.2 Å². The number of benzene rings is 2. The molecule has 1 aromatic heterocycles. The number of methoxy groups -OCH3 is 1. The Morgan fingerprint density at radius 2 is 1.90 bits per heavy atom. The van der Waals surface area contributed by atoms with Gasteiger partial charge in [-0.2, -0.15) is 0 Å². The number of anilines is 1. The minimum absolute atomic E-state index is 0.0396. The molecule has 0 radical (unpaired) electrons. The third kappa shape index (κ3) is 4.36. The van der Waals surface area contributed by atoms with Gasteiger partial charge in [0.2, 0.25) is 5.91 Å². The van der Waals surface area contributed by atoms with Crippen LogP contribution in [0.5, 0.6) is 5.75 Å². The molecule has 1 heterocycles. The second kappa shape index (κ2) is 8.92. The smallest absolute Gasteiger partial charge is 0.234 e. The Balaban J connectivity index is 1.45. The Kier molecular flexibility index (Phi) is 6.08. The zero-order valence-electron chi connectivity index (χ0n) is 17.5. The average Bonchev–Trinajstić information content (AvgIpc) is 3.39. The van der Waals surface area contributed by atoms with Crippen molar-refractivity contribution in [2.24, 2.45) is 0 Å². The van der Waals surface area contributed by atoms with E-state index in [1.165, 1.54) is 29.3 Å². The zero-order chi connectivity index (χ0) is 21.1. The summed E-state index contributed by atoms with van der Waals surface area (Å²) in [5.41, 5.74) is 4.58. The number of amides is 1. The number of carbonyl (C=O) groups excluding carboxylic acids is 1. The highest BCUT2D eigenvalue weighted by atomic mass is 32.2. The topological polar surface area (TPSA) is 69.0 Å². The van der Waals surface area contributed by atoms with E-state index in [0.29, 0.717) is 0 Å². The average molecular weight is 423 g/mol. The fourth-order valence-corrected chi connectivity index (χ4v) is 4.62. The lowest BCUT2D eigenvalue weighted by Gasteiger charge is -2.14. The van der Waals surface area contributed by atoms with Crippen LogP contribution in [0.25, 0.3) is 11.4 Å². The van der Waals surface area contributed by atoms with Crippen molar-refractivity contribution in [3.05, 3.63) is 53.6 Å². The van der Waals surface area contributed by atoms with Crippen LogP contribution in [-0.2, 0) is 17.6 Å². The predicted molar refractivity (Wildman–Crippen MR) is 120 cm³/mol. The van der Waals surface area contributed by atoms with Gasteiger partial charge in [0.25, 0.3) is 0 Å². The normalized spacial score (nSPS) is 12.8. The SMILES string of the molecule is COc1ccc(-c2nnc(SCC(=O)Nc3ccc4c(c3)CCC4)n2C(C)C)cc1. The molecule has 0 spiro atoms. The molecule has 3 aromatic rings. The quantitative estimate of drug-likeness (QED) is 0.556. The van der Waals surface area contributed by atoms with E-state index >= 15 is 0 Å². The first-order valence-electron chi connectivity index (χ1n) is 10.2. The molecule has 7 heteroatoms. The molecule has 1 aliphatic carbocycles. The fourth-order valence-electron chi connectivity index (χ4n) is 3.75. The summed E-state index contributed by atoms with van der Waals surface area (Å²) in [5, 5.41) is 12.5.